The van der Waals surface area contributed by atoms with Gasteiger partial charge in [-0.1, -0.05) is 18.5 Å². The summed E-state index contributed by atoms with van der Waals surface area (Å²) in [6.45, 7) is 5.05. The predicted octanol–water partition coefficient (Wildman–Crippen LogP) is 3.16. The predicted molar refractivity (Wildman–Crippen MR) is 89.6 cm³/mol. The first-order valence-corrected chi connectivity index (χ1v) is 8.09. The van der Waals surface area contributed by atoms with Gasteiger partial charge in [0.1, 0.15) is 5.75 Å². The van der Waals surface area contributed by atoms with E-state index in [-0.39, 0.29) is 17.8 Å². The third-order valence-electron chi connectivity index (χ3n) is 3.45. The molecule has 0 N–H and O–H groups in total. The van der Waals surface area contributed by atoms with Gasteiger partial charge in [0.05, 0.1) is 19.6 Å². The second-order valence-corrected chi connectivity index (χ2v) is 5.70. The molecule has 0 saturated heterocycles. The van der Waals surface area contributed by atoms with Gasteiger partial charge in [-0.2, -0.15) is 0 Å². The molecule has 5 nitrogen and oxygen atoms in total. The van der Waals surface area contributed by atoms with Crippen LogP contribution in [0.25, 0.3) is 0 Å². The first kappa shape index (κ1) is 19.3. The van der Waals surface area contributed by atoms with Crippen molar-refractivity contribution in [2.75, 3.05) is 26.8 Å². The number of methoxy groups -OCH3 is 1. The van der Waals surface area contributed by atoms with E-state index in [1.165, 1.54) is 7.11 Å². The van der Waals surface area contributed by atoms with Crippen LogP contribution in [-0.2, 0) is 14.3 Å². The summed E-state index contributed by atoms with van der Waals surface area (Å²) in [5.41, 5.74) is 0. The fourth-order valence-corrected chi connectivity index (χ4v) is 2.24. The van der Waals surface area contributed by atoms with Gasteiger partial charge in [0.15, 0.2) is 0 Å². The quantitative estimate of drug-likeness (QED) is 0.511. The zero-order valence-corrected chi connectivity index (χ0v) is 14.6. The van der Waals surface area contributed by atoms with Gasteiger partial charge in [-0.05, 0) is 37.6 Å². The minimum atomic E-state index is -0.325. The molecule has 1 amide bonds. The Labute approximate surface area is 142 Å². The van der Waals surface area contributed by atoms with Crippen LogP contribution in [0.1, 0.15) is 26.7 Å². The number of carbonyl (C=O) groups is 2. The lowest BCUT2D eigenvalue weighted by molar-refractivity contribution is -0.146. The van der Waals surface area contributed by atoms with Crippen molar-refractivity contribution in [3.63, 3.8) is 0 Å². The summed E-state index contributed by atoms with van der Waals surface area (Å²) in [6.07, 6.45) is 1.000. The van der Waals surface area contributed by atoms with Crippen LogP contribution in [0.4, 0.5) is 0 Å². The number of carbonyl (C=O) groups excluding carboxylic acids is 2. The van der Waals surface area contributed by atoms with E-state index in [9.17, 15) is 9.59 Å². The number of esters is 1. The molecule has 1 aromatic carbocycles. The molecular formula is C17H24ClNO4. The first-order chi connectivity index (χ1) is 11.0. The SMILES string of the molecule is CCN(CC(C)C(=O)OC)C(=O)CCCOc1ccc(Cl)cc1. The topological polar surface area (TPSA) is 55.8 Å². The molecule has 1 aromatic rings. The summed E-state index contributed by atoms with van der Waals surface area (Å²) < 4.78 is 10.2. The Morgan fingerprint density at radius 1 is 1.26 bits per heavy atom. The lowest BCUT2D eigenvalue weighted by Crippen LogP contribution is -2.37. The number of amides is 1. The maximum absolute atomic E-state index is 12.2. The number of benzene rings is 1. The van der Waals surface area contributed by atoms with Gasteiger partial charge in [0, 0.05) is 24.5 Å². The molecule has 0 saturated carbocycles. The Morgan fingerprint density at radius 2 is 1.91 bits per heavy atom. The summed E-state index contributed by atoms with van der Waals surface area (Å²) in [6, 6.07) is 7.10. The molecule has 0 aromatic heterocycles. The molecule has 0 aliphatic rings. The Bertz CT molecular complexity index is 504. The Kier molecular flexibility index (Phi) is 8.48. The summed E-state index contributed by atoms with van der Waals surface area (Å²) in [5.74, 6) is 0.119. The number of rotatable bonds is 9. The van der Waals surface area contributed by atoms with E-state index in [2.05, 4.69) is 4.74 Å². The van der Waals surface area contributed by atoms with E-state index >= 15 is 0 Å². The van der Waals surface area contributed by atoms with Gasteiger partial charge in [-0.3, -0.25) is 9.59 Å². The van der Waals surface area contributed by atoms with Gasteiger partial charge < -0.3 is 14.4 Å². The standard InChI is InChI=1S/C17H24ClNO4/c1-4-19(12-13(2)17(21)22-3)16(20)6-5-11-23-15-9-7-14(18)8-10-15/h7-10,13H,4-6,11-12H2,1-3H3. The van der Waals surface area contributed by atoms with E-state index in [0.717, 1.165) is 5.75 Å². The van der Waals surface area contributed by atoms with Crippen LogP contribution in [0, 0.1) is 5.92 Å². The third-order valence-corrected chi connectivity index (χ3v) is 3.70. The molecule has 1 rings (SSSR count). The van der Waals surface area contributed by atoms with Crippen LogP contribution >= 0.6 is 11.6 Å². The smallest absolute Gasteiger partial charge is 0.310 e. The molecule has 0 radical (unpaired) electrons. The average Bonchev–Trinajstić information content (AvgIpc) is 2.56. The van der Waals surface area contributed by atoms with Gasteiger partial charge in [0.25, 0.3) is 0 Å². The molecule has 0 spiro atoms. The summed E-state index contributed by atoms with van der Waals surface area (Å²) in [7, 11) is 1.35. The first-order valence-electron chi connectivity index (χ1n) is 7.71. The molecular weight excluding hydrogens is 318 g/mol. The van der Waals surface area contributed by atoms with Crippen molar-refractivity contribution in [3.8, 4) is 5.75 Å². The zero-order valence-electron chi connectivity index (χ0n) is 13.9. The van der Waals surface area contributed by atoms with Crippen molar-refractivity contribution in [3.05, 3.63) is 29.3 Å². The molecule has 23 heavy (non-hydrogen) atoms. The normalized spacial score (nSPS) is 11.7. The molecule has 128 valence electrons. The Hall–Kier alpha value is -1.75. The molecule has 0 bridgehead atoms. The van der Waals surface area contributed by atoms with E-state index in [4.69, 9.17) is 16.3 Å². The van der Waals surface area contributed by atoms with E-state index in [0.29, 0.717) is 37.6 Å². The van der Waals surface area contributed by atoms with Crippen LogP contribution in [0.5, 0.6) is 5.75 Å². The fourth-order valence-electron chi connectivity index (χ4n) is 2.12. The third kappa shape index (κ3) is 6.91. The summed E-state index contributed by atoms with van der Waals surface area (Å²) in [5, 5.41) is 0.658. The second kappa shape index (κ2) is 10.1. The highest BCUT2D eigenvalue weighted by molar-refractivity contribution is 6.30. The van der Waals surface area contributed by atoms with Crippen molar-refractivity contribution < 1.29 is 19.1 Å². The van der Waals surface area contributed by atoms with E-state index in [1.54, 1.807) is 36.1 Å². The highest BCUT2D eigenvalue weighted by Gasteiger charge is 2.20. The summed E-state index contributed by atoms with van der Waals surface area (Å²) in [4.78, 5) is 25.3. The number of nitrogens with zero attached hydrogens (tertiary/aromatic N) is 1. The maximum atomic E-state index is 12.2. The minimum absolute atomic E-state index is 0.0166. The molecule has 0 fully saturated rings. The zero-order chi connectivity index (χ0) is 17.2. The largest absolute Gasteiger partial charge is 0.494 e. The van der Waals surface area contributed by atoms with Gasteiger partial charge in [0.2, 0.25) is 5.91 Å². The Balaban J connectivity index is 2.33. The van der Waals surface area contributed by atoms with Crippen LogP contribution in [0.15, 0.2) is 24.3 Å². The number of hydrogen-bond acceptors (Lipinski definition) is 4. The van der Waals surface area contributed by atoms with Gasteiger partial charge in [-0.15, -0.1) is 0 Å². The van der Waals surface area contributed by atoms with Crippen molar-refractivity contribution in [1.82, 2.24) is 4.90 Å². The molecule has 0 aliphatic heterocycles. The lowest BCUT2D eigenvalue weighted by Gasteiger charge is -2.23. The highest BCUT2D eigenvalue weighted by Crippen LogP contribution is 2.16. The second-order valence-electron chi connectivity index (χ2n) is 5.26. The molecule has 0 heterocycles. The maximum Gasteiger partial charge on any atom is 0.310 e. The van der Waals surface area contributed by atoms with E-state index < -0.39 is 0 Å². The van der Waals surface area contributed by atoms with Crippen LogP contribution in [0.3, 0.4) is 0 Å². The van der Waals surface area contributed by atoms with Crippen molar-refractivity contribution in [2.24, 2.45) is 5.92 Å². The van der Waals surface area contributed by atoms with E-state index in [1.807, 2.05) is 6.92 Å². The number of ether oxygens (including phenoxy) is 2. The highest BCUT2D eigenvalue weighted by atomic mass is 35.5. The monoisotopic (exact) mass is 341 g/mol. The van der Waals surface area contributed by atoms with Crippen molar-refractivity contribution >= 4 is 23.5 Å². The number of hydrogen-bond donors (Lipinski definition) is 0. The molecule has 0 aliphatic carbocycles. The van der Waals surface area contributed by atoms with Crippen LogP contribution < -0.4 is 4.74 Å². The number of halogens is 1. The lowest BCUT2D eigenvalue weighted by atomic mass is 10.1. The van der Waals surface area contributed by atoms with Crippen LogP contribution in [-0.4, -0.2) is 43.6 Å². The molecule has 1 unspecified atom stereocenters. The fraction of sp³-hybridized carbons (Fsp3) is 0.529. The molecule has 6 heteroatoms. The molecule has 1 atom stereocenters. The minimum Gasteiger partial charge on any atom is -0.494 e. The van der Waals surface area contributed by atoms with Crippen LogP contribution in [0.2, 0.25) is 5.02 Å². The Morgan fingerprint density at radius 3 is 2.48 bits per heavy atom. The summed E-state index contributed by atoms with van der Waals surface area (Å²) >= 11 is 5.80. The average molecular weight is 342 g/mol. The van der Waals surface area contributed by atoms with Gasteiger partial charge in [-0.25, -0.2) is 0 Å². The van der Waals surface area contributed by atoms with Crippen molar-refractivity contribution in [1.29, 1.82) is 0 Å². The van der Waals surface area contributed by atoms with Gasteiger partial charge >= 0.3 is 5.97 Å². The van der Waals surface area contributed by atoms with Crippen molar-refractivity contribution in [2.45, 2.75) is 26.7 Å².